The van der Waals surface area contributed by atoms with Crippen LogP contribution in [0.25, 0.3) is 0 Å². The second-order valence-electron chi connectivity index (χ2n) is 5.80. The quantitative estimate of drug-likeness (QED) is 0.493. The smallest absolute Gasteiger partial charge is 0.313 e. The minimum absolute atomic E-state index is 0.00996. The summed E-state index contributed by atoms with van der Waals surface area (Å²) in [6.45, 7) is 3.78. The van der Waals surface area contributed by atoms with Crippen molar-refractivity contribution in [1.82, 2.24) is 4.90 Å². The van der Waals surface area contributed by atoms with Gasteiger partial charge in [-0.1, -0.05) is 24.3 Å². The van der Waals surface area contributed by atoms with Crippen LogP contribution in [0, 0.1) is 13.8 Å². The standard InChI is InChI=1S/C19H17NO4/c1-12-7-8-13(2)16(11-12)24-17(21)9-10-20-18(22)14-5-3-4-6-15(14)19(20)23/h3-8,11H,9-10H2,1-2H3. The van der Waals surface area contributed by atoms with Gasteiger partial charge in [-0.05, 0) is 43.2 Å². The van der Waals surface area contributed by atoms with Crippen molar-refractivity contribution in [3.05, 3.63) is 64.7 Å². The van der Waals surface area contributed by atoms with Gasteiger partial charge < -0.3 is 4.74 Å². The summed E-state index contributed by atoms with van der Waals surface area (Å²) in [7, 11) is 0. The van der Waals surface area contributed by atoms with E-state index in [1.807, 2.05) is 26.0 Å². The highest BCUT2D eigenvalue weighted by molar-refractivity contribution is 6.21. The van der Waals surface area contributed by atoms with Crippen LogP contribution in [0.2, 0.25) is 0 Å². The number of carbonyl (C=O) groups is 3. The van der Waals surface area contributed by atoms with Crippen molar-refractivity contribution in [2.24, 2.45) is 0 Å². The molecule has 0 saturated heterocycles. The average molecular weight is 323 g/mol. The Morgan fingerprint density at radius 2 is 1.62 bits per heavy atom. The third-order valence-electron chi connectivity index (χ3n) is 3.99. The average Bonchev–Trinajstić information content (AvgIpc) is 2.81. The molecule has 0 saturated carbocycles. The lowest BCUT2D eigenvalue weighted by Gasteiger charge is -2.13. The molecule has 1 aliphatic heterocycles. The van der Waals surface area contributed by atoms with E-state index in [2.05, 4.69) is 0 Å². The highest BCUT2D eigenvalue weighted by atomic mass is 16.5. The number of carbonyl (C=O) groups excluding carboxylic acids is 3. The van der Waals surface area contributed by atoms with Crippen molar-refractivity contribution in [2.45, 2.75) is 20.3 Å². The second-order valence-corrected chi connectivity index (χ2v) is 5.80. The maximum Gasteiger partial charge on any atom is 0.313 e. The first-order valence-electron chi connectivity index (χ1n) is 7.70. The number of hydrogen-bond donors (Lipinski definition) is 0. The van der Waals surface area contributed by atoms with Gasteiger partial charge >= 0.3 is 5.97 Å². The van der Waals surface area contributed by atoms with Gasteiger partial charge in [-0.3, -0.25) is 19.3 Å². The van der Waals surface area contributed by atoms with E-state index in [1.54, 1.807) is 30.3 Å². The Morgan fingerprint density at radius 3 is 2.25 bits per heavy atom. The minimum Gasteiger partial charge on any atom is -0.426 e. The number of rotatable bonds is 4. The lowest BCUT2D eigenvalue weighted by Crippen LogP contribution is -2.32. The zero-order valence-corrected chi connectivity index (χ0v) is 13.5. The molecule has 3 rings (SSSR count). The highest BCUT2D eigenvalue weighted by Gasteiger charge is 2.35. The molecule has 5 heteroatoms. The molecule has 24 heavy (non-hydrogen) atoms. The summed E-state index contributed by atoms with van der Waals surface area (Å²) in [4.78, 5) is 37.6. The Morgan fingerprint density at radius 1 is 1.00 bits per heavy atom. The molecule has 0 aliphatic carbocycles. The predicted molar refractivity (Wildman–Crippen MR) is 88.0 cm³/mol. The fourth-order valence-electron chi connectivity index (χ4n) is 2.64. The zero-order valence-electron chi connectivity index (χ0n) is 13.5. The maximum atomic E-state index is 12.2. The van der Waals surface area contributed by atoms with E-state index in [9.17, 15) is 14.4 Å². The number of amides is 2. The first kappa shape index (κ1) is 15.9. The van der Waals surface area contributed by atoms with Crippen molar-refractivity contribution in [1.29, 1.82) is 0 Å². The monoisotopic (exact) mass is 323 g/mol. The fraction of sp³-hybridized carbons (Fsp3) is 0.211. The first-order valence-corrected chi connectivity index (χ1v) is 7.70. The van der Waals surface area contributed by atoms with Crippen molar-refractivity contribution < 1.29 is 19.1 Å². The number of aryl methyl sites for hydroxylation is 2. The minimum atomic E-state index is -0.472. The normalized spacial score (nSPS) is 13.2. The van der Waals surface area contributed by atoms with Gasteiger partial charge in [-0.2, -0.15) is 0 Å². The molecule has 0 atom stereocenters. The topological polar surface area (TPSA) is 63.7 Å². The molecule has 2 amide bonds. The van der Waals surface area contributed by atoms with E-state index < -0.39 is 5.97 Å². The lowest BCUT2D eigenvalue weighted by molar-refractivity contribution is -0.134. The van der Waals surface area contributed by atoms with Crippen molar-refractivity contribution >= 4 is 17.8 Å². The zero-order chi connectivity index (χ0) is 17.3. The lowest BCUT2D eigenvalue weighted by atomic mass is 10.1. The third-order valence-corrected chi connectivity index (χ3v) is 3.99. The first-order chi connectivity index (χ1) is 11.5. The van der Waals surface area contributed by atoms with Gasteiger partial charge in [0.1, 0.15) is 5.75 Å². The summed E-state index contributed by atoms with van der Waals surface area (Å²) in [5.74, 6) is -0.701. The number of nitrogens with zero attached hydrogens (tertiary/aromatic N) is 1. The van der Waals surface area contributed by atoms with Gasteiger partial charge in [0.25, 0.3) is 11.8 Å². The van der Waals surface area contributed by atoms with Gasteiger partial charge in [0.05, 0.1) is 17.5 Å². The molecule has 2 aromatic rings. The Bertz CT molecular complexity index is 806. The Hall–Kier alpha value is -2.95. The van der Waals surface area contributed by atoms with Crippen molar-refractivity contribution in [3.8, 4) is 5.75 Å². The van der Waals surface area contributed by atoms with Gasteiger partial charge in [-0.15, -0.1) is 0 Å². The van der Waals surface area contributed by atoms with E-state index in [4.69, 9.17) is 4.74 Å². The number of benzene rings is 2. The number of fused-ring (bicyclic) bond motifs is 1. The number of esters is 1. The molecule has 2 aromatic carbocycles. The molecule has 0 radical (unpaired) electrons. The number of ether oxygens (including phenoxy) is 1. The van der Waals surface area contributed by atoms with Crippen molar-refractivity contribution in [3.63, 3.8) is 0 Å². The molecule has 0 fully saturated rings. The molecule has 1 heterocycles. The molecule has 0 unspecified atom stereocenters. The van der Waals surface area contributed by atoms with E-state index >= 15 is 0 Å². The molecule has 0 aromatic heterocycles. The van der Waals surface area contributed by atoms with Crippen molar-refractivity contribution in [2.75, 3.05) is 6.54 Å². The van der Waals surface area contributed by atoms with E-state index in [1.165, 1.54) is 0 Å². The van der Waals surface area contributed by atoms with Gasteiger partial charge in [0, 0.05) is 6.54 Å². The van der Waals surface area contributed by atoms with Crippen LogP contribution in [0.5, 0.6) is 5.75 Å². The molecule has 0 spiro atoms. The molecule has 0 N–H and O–H groups in total. The van der Waals surface area contributed by atoms with Crippen LogP contribution in [-0.4, -0.2) is 29.2 Å². The summed E-state index contributed by atoms with van der Waals surface area (Å²) in [5, 5.41) is 0. The molecule has 122 valence electrons. The van der Waals surface area contributed by atoms with Gasteiger partial charge in [0.2, 0.25) is 0 Å². The van der Waals surface area contributed by atoms with Crippen LogP contribution in [0.4, 0.5) is 0 Å². The van der Waals surface area contributed by atoms with Crippen LogP contribution >= 0.6 is 0 Å². The summed E-state index contributed by atoms with van der Waals surface area (Å²) in [5.41, 5.74) is 2.61. The van der Waals surface area contributed by atoms with E-state index in [0.29, 0.717) is 16.9 Å². The predicted octanol–water partition coefficient (Wildman–Crippen LogP) is 2.90. The fourth-order valence-corrected chi connectivity index (χ4v) is 2.64. The second kappa shape index (κ2) is 6.28. The van der Waals surface area contributed by atoms with Gasteiger partial charge in [-0.25, -0.2) is 0 Å². The summed E-state index contributed by atoms with van der Waals surface area (Å²) >= 11 is 0. The van der Waals surface area contributed by atoms with Crippen LogP contribution in [0.3, 0.4) is 0 Å². The Kier molecular flexibility index (Phi) is 4.16. The van der Waals surface area contributed by atoms with Crippen LogP contribution in [-0.2, 0) is 4.79 Å². The van der Waals surface area contributed by atoms with Gasteiger partial charge in [0.15, 0.2) is 0 Å². The largest absolute Gasteiger partial charge is 0.426 e. The van der Waals surface area contributed by atoms with Crippen LogP contribution in [0.15, 0.2) is 42.5 Å². The molecular formula is C19H17NO4. The van der Waals surface area contributed by atoms with E-state index in [0.717, 1.165) is 16.0 Å². The van der Waals surface area contributed by atoms with E-state index in [-0.39, 0.29) is 24.8 Å². The van der Waals surface area contributed by atoms with Crippen LogP contribution in [0.1, 0.15) is 38.3 Å². The summed E-state index contributed by atoms with van der Waals surface area (Å²) in [6.07, 6.45) is -0.0428. The number of imide groups is 1. The molecule has 0 bridgehead atoms. The maximum absolute atomic E-state index is 12.2. The summed E-state index contributed by atoms with van der Waals surface area (Å²) < 4.78 is 5.35. The number of hydrogen-bond acceptors (Lipinski definition) is 4. The molecule has 1 aliphatic rings. The molecule has 5 nitrogen and oxygen atoms in total. The summed E-state index contributed by atoms with van der Waals surface area (Å²) in [6, 6.07) is 12.3. The molecular weight excluding hydrogens is 306 g/mol. The SMILES string of the molecule is Cc1ccc(C)c(OC(=O)CCN2C(=O)c3ccccc3C2=O)c1. The Labute approximate surface area is 139 Å². The highest BCUT2D eigenvalue weighted by Crippen LogP contribution is 2.23. The van der Waals surface area contributed by atoms with Crippen LogP contribution < -0.4 is 4.74 Å². The Balaban J connectivity index is 1.64. The third kappa shape index (κ3) is 2.93.